The summed E-state index contributed by atoms with van der Waals surface area (Å²) in [5.74, 6) is 3.56. The summed E-state index contributed by atoms with van der Waals surface area (Å²) in [7, 11) is 0. The lowest BCUT2D eigenvalue weighted by Gasteiger charge is -2.56. The number of fused-ring (bicyclic) bond motifs is 1. The number of aliphatic hydroxyl groups excluding tert-OH is 2. The van der Waals surface area contributed by atoms with Crippen molar-refractivity contribution in [3.8, 4) is 0 Å². The van der Waals surface area contributed by atoms with Crippen molar-refractivity contribution in [3.63, 3.8) is 0 Å². The highest BCUT2D eigenvalue weighted by Crippen LogP contribution is 2.64. The van der Waals surface area contributed by atoms with Crippen molar-refractivity contribution >= 4 is 0 Å². The molecule has 0 amide bonds. The summed E-state index contributed by atoms with van der Waals surface area (Å²) >= 11 is 0. The van der Waals surface area contributed by atoms with Crippen LogP contribution in [0.15, 0.2) is 0 Å². The zero-order chi connectivity index (χ0) is 16.8. The Bertz CT molecular complexity index is 422. The first-order valence-corrected chi connectivity index (χ1v) is 10.2. The fourth-order valence-electron chi connectivity index (χ4n) is 7.37. The molecule has 0 heterocycles. The molecule has 3 rings (SSSR count). The Kier molecular flexibility index (Phi) is 4.88. The minimum atomic E-state index is -0.194. The standard InChI is InChI=1S/C21H38O2/c1-5-15-6-7-18-14(2)19(9-11-20(15,18)3)21(4)10-8-17(23)12-16(21)13-22/h14-19,22-23H,5-13H2,1-4H3/t14-,15-,16+,17-,18-,19-,20+,21-/m0/s1. The van der Waals surface area contributed by atoms with Gasteiger partial charge in [0.05, 0.1) is 6.10 Å². The minimum absolute atomic E-state index is 0.194. The summed E-state index contributed by atoms with van der Waals surface area (Å²) < 4.78 is 0. The molecule has 2 nitrogen and oxygen atoms in total. The Hall–Kier alpha value is -0.0800. The van der Waals surface area contributed by atoms with Crippen molar-refractivity contribution in [2.45, 2.75) is 85.2 Å². The molecular weight excluding hydrogens is 284 g/mol. The monoisotopic (exact) mass is 322 g/mol. The van der Waals surface area contributed by atoms with Crippen molar-refractivity contribution in [1.82, 2.24) is 0 Å². The molecule has 0 unspecified atom stereocenters. The van der Waals surface area contributed by atoms with Crippen LogP contribution >= 0.6 is 0 Å². The fraction of sp³-hybridized carbons (Fsp3) is 1.00. The molecule has 0 bridgehead atoms. The van der Waals surface area contributed by atoms with Crippen molar-refractivity contribution in [3.05, 3.63) is 0 Å². The number of rotatable bonds is 3. The first-order valence-electron chi connectivity index (χ1n) is 10.2. The molecule has 3 saturated carbocycles. The first kappa shape index (κ1) is 17.7. The van der Waals surface area contributed by atoms with Crippen LogP contribution in [0.2, 0.25) is 0 Å². The van der Waals surface area contributed by atoms with Crippen LogP contribution in [-0.2, 0) is 0 Å². The van der Waals surface area contributed by atoms with E-state index in [1.54, 1.807) is 0 Å². The highest BCUT2D eigenvalue weighted by Gasteiger charge is 2.56. The van der Waals surface area contributed by atoms with E-state index in [0.717, 1.165) is 42.9 Å². The fourth-order valence-corrected chi connectivity index (χ4v) is 7.37. The van der Waals surface area contributed by atoms with E-state index in [4.69, 9.17) is 0 Å². The lowest BCUT2D eigenvalue weighted by molar-refractivity contribution is -0.0994. The Morgan fingerprint density at radius 3 is 2.17 bits per heavy atom. The van der Waals surface area contributed by atoms with E-state index in [9.17, 15) is 10.2 Å². The van der Waals surface area contributed by atoms with Crippen LogP contribution in [0.4, 0.5) is 0 Å². The molecular formula is C21H38O2. The molecule has 8 atom stereocenters. The molecule has 0 aromatic heterocycles. The van der Waals surface area contributed by atoms with Gasteiger partial charge in [-0.1, -0.05) is 34.1 Å². The van der Waals surface area contributed by atoms with Gasteiger partial charge in [-0.25, -0.2) is 0 Å². The van der Waals surface area contributed by atoms with E-state index in [1.807, 2.05) is 0 Å². The SMILES string of the molecule is CC[C@H]1CC[C@H]2[C@H](C)[C@@H]([C@@]3(C)CC[C@H](O)C[C@@H]3CO)CC[C@]12C. The Balaban J connectivity index is 1.82. The summed E-state index contributed by atoms with van der Waals surface area (Å²) in [5, 5.41) is 20.0. The van der Waals surface area contributed by atoms with Gasteiger partial charge in [-0.3, -0.25) is 0 Å². The van der Waals surface area contributed by atoms with Gasteiger partial charge < -0.3 is 10.2 Å². The van der Waals surface area contributed by atoms with Gasteiger partial charge in [0.15, 0.2) is 0 Å². The average Bonchev–Trinajstić information content (AvgIpc) is 2.87. The van der Waals surface area contributed by atoms with Crippen LogP contribution < -0.4 is 0 Å². The number of hydrogen-bond acceptors (Lipinski definition) is 2. The van der Waals surface area contributed by atoms with E-state index in [2.05, 4.69) is 27.7 Å². The molecule has 0 saturated heterocycles. The third-order valence-electron chi connectivity index (χ3n) is 8.93. The predicted molar refractivity (Wildman–Crippen MR) is 95.0 cm³/mol. The highest BCUT2D eigenvalue weighted by atomic mass is 16.3. The van der Waals surface area contributed by atoms with Gasteiger partial charge in [0, 0.05) is 6.61 Å². The minimum Gasteiger partial charge on any atom is -0.396 e. The maximum atomic E-state index is 10.1. The van der Waals surface area contributed by atoms with Crippen LogP contribution in [0.5, 0.6) is 0 Å². The molecule has 23 heavy (non-hydrogen) atoms. The van der Waals surface area contributed by atoms with Crippen LogP contribution in [0.3, 0.4) is 0 Å². The topological polar surface area (TPSA) is 40.5 Å². The molecule has 3 aliphatic rings. The maximum absolute atomic E-state index is 10.1. The van der Waals surface area contributed by atoms with Gasteiger partial charge in [-0.05, 0) is 85.4 Å². The van der Waals surface area contributed by atoms with Crippen LogP contribution in [-0.4, -0.2) is 22.9 Å². The summed E-state index contributed by atoms with van der Waals surface area (Å²) in [6.45, 7) is 10.1. The van der Waals surface area contributed by atoms with Gasteiger partial charge in [0.1, 0.15) is 0 Å². The van der Waals surface area contributed by atoms with E-state index < -0.39 is 0 Å². The van der Waals surface area contributed by atoms with Crippen LogP contribution in [0.1, 0.15) is 79.1 Å². The largest absolute Gasteiger partial charge is 0.396 e. The van der Waals surface area contributed by atoms with Gasteiger partial charge in [0.2, 0.25) is 0 Å². The predicted octanol–water partition coefficient (Wildman–Crippen LogP) is 4.63. The smallest absolute Gasteiger partial charge is 0.0544 e. The van der Waals surface area contributed by atoms with E-state index >= 15 is 0 Å². The quantitative estimate of drug-likeness (QED) is 0.795. The highest BCUT2D eigenvalue weighted by molar-refractivity contribution is 5.05. The second kappa shape index (κ2) is 6.33. The third-order valence-corrected chi connectivity index (χ3v) is 8.93. The van der Waals surface area contributed by atoms with Gasteiger partial charge in [-0.15, -0.1) is 0 Å². The Labute approximate surface area is 143 Å². The summed E-state index contributed by atoms with van der Waals surface area (Å²) in [4.78, 5) is 0. The lowest BCUT2D eigenvalue weighted by Crippen LogP contribution is -2.51. The van der Waals surface area contributed by atoms with Crippen molar-refractivity contribution in [2.75, 3.05) is 6.61 Å². The first-order chi connectivity index (χ1) is 10.9. The second-order valence-electron chi connectivity index (χ2n) is 9.61. The number of hydrogen-bond donors (Lipinski definition) is 2. The Morgan fingerprint density at radius 1 is 0.913 bits per heavy atom. The van der Waals surface area contributed by atoms with Gasteiger partial charge >= 0.3 is 0 Å². The second-order valence-corrected chi connectivity index (χ2v) is 9.61. The van der Waals surface area contributed by atoms with E-state index in [0.29, 0.717) is 5.41 Å². The summed E-state index contributed by atoms with van der Waals surface area (Å²) in [6, 6.07) is 0. The molecule has 3 aliphatic carbocycles. The average molecular weight is 323 g/mol. The third kappa shape index (κ3) is 2.68. The molecule has 0 aromatic carbocycles. The van der Waals surface area contributed by atoms with Crippen LogP contribution in [0, 0.1) is 40.4 Å². The lowest BCUT2D eigenvalue weighted by atomic mass is 9.49. The molecule has 0 aromatic rings. The molecule has 2 heteroatoms. The molecule has 2 N–H and O–H groups in total. The van der Waals surface area contributed by atoms with Crippen molar-refractivity contribution < 1.29 is 10.2 Å². The summed E-state index contributed by atoms with van der Waals surface area (Å²) in [5.41, 5.74) is 0.781. The van der Waals surface area contributed by atoms with E-state index in [-0.39, 0.29) is 24.0 Å². The van der Waals surface area contributed by atoms with Crippen molar-refractivity contribution in [2.24, 2.45) is 40.4 Å². The molecule has 0 spiro atoms. The van der Waals surface area contributed by atoms with Crippen LogP contribution in [0.25, 0.3) is 0 Å². The normalized spacial score (nSPS) is 54.0. The molecule has 3 fully saturated rings. The zero-order valence-corrected chi connectivity index (χ0v) is 15.7. The van der Waals surface area contributed by atoms with Gasteiger partial charge in [-0.2, -0.15) is 0 Å². The molecule has 0 aliphatic heterocycles. The maximum Gasteiger partial charge on any atom is 0.0544 e. The molecule has 134 valence electrons. The summed E-state index contributed by atoms with van der Waals surface area (Å²) in [6.07, 6.45) is 9.51. The van der Waals surface area contributed by atoms with E-state index in [1.165, 1.54) is 32.1 Å². The Morgan fingerprint density at radius 2 is 1.52 bits per heavy atom. The van der Waals surface area contributed by atoms with Crippen molar-refractivity contribution in [1.29, 1.82) is 0 Å². The molecule has 0 radical (unpaired) electrons. The van der Waals surface area contributed by atoms with Gasteiger partial charge in [0.25, 0.3) is 0 Å². The number of aliphatic hydroxyl groups is 2. The zero-order valence-electron chi connectivity index (χ0n) is 15.7.